The van der Waals surface area contributed by atoms with Gasteiger partial charge in [0.25, 0.3) is 0 Å². The molecule has 0 radical (unpaired) electrons. The number of hydrogen-bond donors (Lipinski definition) is 2. The van der Waals surface area contributed by atoms with E-state index in [9.17, 15) is 9.90 Å². The van der Waals surface area contributed by atoms with Crippen molar-refractivity contribution in [1.29, 1.82) is 0 Å². The standard InChI is InChI=1S/C10H18O3/c1-9(2,13)6-7-10(8(11)12)4-3-5-10/h13H,3-7H2,1-2H3,(H,11,12). The van der Waals surface area contributed by atoms with Crippen molar-refractivity contribution in [3.63, 3.8) is 0 Å². The first-order valence-corrected chi connectivity index (χ1v) is 4.82. The molecule has 1 rings (SSSR count). The smallest absolute Gasteiger partial charge is 0.309 e. The zero-order valence-electron chi connectivity index (χ0n) is 8.34. The monoisotopic (exact) mass is 186 g/mol. The molecule has 0 saturated heterocycles. The van der Waals surface area contributed by atoms with Crippen LogP contribution in [0.5, 0.6) is 0 Å². The van der Waals surface area contributed by atoms with Crippen LogP contribution in [0.25, 0.3) is 0 Å². The van der Waals surface area contributed by atoms with Crippen molar-refractivity contribution in [2.75, 3.05) is 0 Å². The molecule has 0 aromatic carbocycles. The third-order valence-corrected chi connectivity index (χ3v) is 2.98. The van der Waals surface area contributed by atoms with Gasteiger partial charge in [-0.25, -0.2) is 0 Å². The lowest BCUT2D eigenvalue weighted by molar-refractivity contribution is -0.156. The third-order valence-electron chi connectivity index (χ3n) is 2.98. The fraction of sp³-hybridized carbons (Fsp3) is 0.900. The van der Waals surface area contributed by atoms with Crippen LogP contribution in [-0.4, -0.2) is 21.8 Å². The van der Waals surface area contributed by atoms with Crippen LogP contribution in [0.2, 0.25) is 0 Å². The minimum absolute atomic E-state index is 0.514. The van der Waals surface area contributed by atoms with E-state index in [1.165, 1.54) is 0 Å². The van der Waals surface area contributed by atoms with E-state index < -0.39 is 17.0 Å². The highest BCUT2D eigenvalue weighted by Gasteiger charge is 2.44. The fourth-order valence-corrected chi connectivity index (χ4v) is 1.72. The fourth-order valence-electron chi connectivity index (χ4n) is 1.72. The molecule has 1 aliphatic rings. The minimum atomic E-state index is -0.738. The van der Waals surface area contributed by atoms with E-state index in [-0.39, 0.29) is 0 Å². The minimum Gasteiger partial charge on any atom is -0.481 e. The number of carboxylic acids is 1. The molecule has 76 valence electrons. The molecule has 0 aromatic rings. The summed E-state index contributed by atoms with van der Waals surface area (Å²) >= 11 is 0. The number of carboxylic acid groups (broad SMARTS) is 1. The van der Waals surface area contributed by atoms with Gasteiger partial charge in [0.2, 0.25) is 0 Å². The summed E-state index contributed by atoms with van der Waals surface area (Å²) in [4.78, 5) is 10.9. The van der Waals surface area contributed by atoms with E-state index in [4.69, 9.17) is 5.11 Å². The lowest BCUT2D eigenvalue weighted by atomic mass is 9.65. The lowest BCUT2D eigenvalue weighted by Crippen LogP contribution is -2.39. The SMILES string of the molecule is CC(C)(O)CCC1(C(=O)O)CCC1. The molecule has 1 fully saturated rings. The van der Waals surface area contributed by atoms with Crippen LogP contribution < -0.4 is 0 Å². The molecule has 13 heavy (non-hydrogen) atoms. The molecule has 3 heteroatoms. The first kappa shape index (κ1) is 10.5. The van der Waals surface area contributed by atoms with Crippen LogP contribution in [0.4, 0.5) is 0 Å². The summed E-state index contributed by atoms with van der Waals surface area (Å²) in [6.07, 6.45) is 3.74. The maximum Gasteiger partial charge on any atom is 0.309 e. The molecule has 1 aliphatic carbocycles. The molecule has 0 spiro atoms. The van der Waals surface area contributed by atoms with Gasteiger partial charge in [0.05, 0.1) is 11.0 Å². The van der Waals surface area contributed by atoms with Gasteiger partial charge in [0, 0.05) is 0 Å². The number of hydrogen-bond acceptors (Lipinski definition) is 2. The second-order valence-electron chi connectivity index (χ2n) is 4.75. The highest BCUT2D eigenvalue weighted by molar-refractivity contribution is 5.75. The highest BCUT2D eigenvalue weighted by Crippen LogP contribution is 2.45. The quantitative estimate of drug-likeness (QED) is 0.703. The largest absolute Gasteiger partial charge is 0.481 e. The zero-order valence-corrected chi connectivity index (χ0v) is 8.34. The molecule has 0 heterocycles. The second kappa shape index (κ2) is 3.29. The van der Waals surface area contributed by atoms with Crippen LogP contribution in [0, 0.1) is 5.41 Å². The summed E-state index contributed by atoms with van der Waals surface area (Å²) in [5.74, 6) is -0.692. The van der Waals surface area contributed by atoms with Crippen molar-refractivity contribution in [2.24, 2.45) is 5.41 Å². The Hall–Kier alpha value is -0.570. The third kappa shape index (κ3) is 2.44. The Morgan fingerprint density at radius 1 is 1.46 bits per heavy atom. The number of aliphatic carboxylic acids is 1. The van der Waals surface area contributed by atoms with E-state index in [1.807, 2.05) is 0 Å². The number of aliphatic hydroxyl groups is 1. The molecule has 0 aliphatic heterocycles. The van der Waals surface area contributed by atoms with E-state index in [2.05, 4.69) is 0 Å². The first-order chi connectivity index (χ1) is 5.86. The molecule has 3 nitrogen and oxygen atoms in total. The van der Waals surface area contributed by atoms with Gasteiger partial charge in [0.1, 0.15) is 0 Å². The van der Waals surface area contributed by atoms with Gasteiger partial charge < -0.3 is 10.2 Å². The molecule has 0 bridgehead atoms. The molecule has 0 amide bonds. The average Bonchev–Trinajstić information content (AvgIpc) is 1.80. The zero-order chi connectivity index (χ0) is 10.1. The number of rotatable bonds is 4. The van der Waals surface area contributed by atoms with Crippen molar-refractivity contribution >= 4 is 5.97 Å². The van der Waals surface area contributed by atoms with Crippen molar-refractivity contribution in [3.05, 3.63) is 0 Å². The second-order valence-corrected chi connectivity index (χ2v) is 4.75. The van der Waals surface area contributed by atoms with Crippen LogP contribution in [0.15, 0.2) is 0 Å². The normalized spacial score (nSPS) is 20.8. The summed E-state index contributed by atoms with van der Waals surface area (Å²) in [5.41, 5.74) is -1.25. The summed E-state index contributed by atoms with van der Waals surface area (Å²) in [5, 5.41) is 18.5. The molecule has 0 aromatic heterocycles. The van der Waals surface area contributed by atoms with Gasteiger partial charge in [-0.3, -0.25) is 4.79 Å². The van der Waals surface area contributed by atoms with E-state index >= 15 is 0 Å². The summed E-state index contributed by atoms with van der Waals surface area (Å²) in [6, 6.07) is 0. The Bertz CT molecular complexity index is 199. The van der Waals surface area contributed by atoms with Crippen molar-refractivity contribution in [1.82, 2.24) is 0 Å². The maximum atomic E-state index is 10.9. The Morgan fingerprint density at radius 2 is 2.00 bits per heavy atom. The summed E-state index contributed by atoms with van der Waals surface area (Å²) < 4.78 is 0. The number of carbonyl (C=O) groups is 1. The van der Waals surface area contributed by atoms with Crippen LogP contribution >= 0.6 is 0 Å². The Morgan fingerprint density at radius 3 is 2.23 bits per heavy atom. The van der Waals surface area contributed by atoms with Gasteiger partial charge in [-0.15, -0.1) is 0 Å². The molecule has 0 atom stereocenters. The maximum absolute atomic E-state index is 10.9. The molecular weight excluding hydrogens is 168 g/mol. The van der Waals surface area contributed by atoms with Crippen LogP contribution in [-0.2, 0) is 4.79 Å². The van der Waals surface area contributed by atoms with E-state index in [0.717, 1.165) is 19.3 Å². The molecule has 1 saturated carbocycles. The van der Waals surface area contributed by atoms with Crippen molar-refractivity contribution in [2.45, 2.75) is 51.6 Å². The molecule has 2 N–H and O–H groups in total. The van der Waals surface area contributed by atoms with Gasteiger partial charge in [-0.2, -0.15) is 0 Å². The van der Waals surface area contributed by atoms with Crippen LogP contribution in [0.3, 0.4) is 0 Å². The van der Waals surface area contributed by atoms with Crippen LogP contribution in [0.1, 0.15) is 46.0 Å². The highest BCUT2D eigenvalue weighted by atomic mass is 16.4. The van der Waals surface area contributed by atoms with Crippen molar-refractivity contribution in [3.8, 4) is 0 Å². The predicted octanol–water partition coefficient (Wildman–Crippen LogP) is 1.79. The van der Waals surface area contributed by atoms with Crippen molar-refractivity contribution < 1.29 is 15.0 Å². The Kier molecular flexibility index (Phi) is 2.66. The van der Waals surface area contributed by atoms with Gasteiger partial charge in [-0.1, -0.05) is 6.42 Å². The van der Waals surface area contributed by atoms with Gasteiger partial charge in [0.15, 0.2) is 0 Å². The van der Waals surface area contributed by atoms with Gasteiger partial charge in [-0.05, 0) is 39.5 Å². The Labute approximate surface area is 78.8 Å². The lowest BCUT2D eigenvalue weighted by Gasteiger charge is -2.39. The summed E-state index contributed by atoms with van der Waals surface area (Å²) in [6.45, 7) is 3.45. The topological polar surface area (TPSA) is 57.5 Å². The molecule has 0 unspecified atom stereocenters. The van der Waals surface area contributed by atoms with E-state index in [0.29, 0.717) is 12.8 Å². The summed E-state index contributed by atoms with van der Waals surface area (Å²) in [7, 11) is 0. The van der Waals surface area contributed by atoms with Gasteiger partial charge >= 0.3 is 5.97 Å². The van der Waals surface area contributed by atoms with E-state index in [1.54, 1.807) is 13.8 Å². The Balaban J connectivity index is 2.46. The molecular formula is C10H18O3. The average molecular weight is 186 g/mol. The predicted molar refractivity (Wildman–Crippen MR) is 49.5 cm³/mol. The first-order valence-electron chi connectivity index (χ1n) is 4.82.